The molecule has 2 atom stereocenters. The van der Waals surface area contributed by atoms with Crippen molar-refractivity contribution in [3.63, 3.8) is 0 Å². The molecule has 96 valence electrons. The lowest BCUT2D eigenvalue weighted by Crippen LogP contribution is -2.42. The molecule has 0 aromatic heterocycles. The maximum atomic E-state index is 11.7. The molecule has 0 saturated carbocycles. The number of hydrogen-bond acceptors (Lipinski definition) is 2. The van der Waals surface area contributed by atoms with Crippen LogP contribution in [0.5, 0.6) is 0 Å². The summed E-state index contributed by atoms with van der Waals surface area (Å²) in [4.78, 5) is 24.6. The molecule has 4 nitrogen and oxygen atoms in total. The molecule has 1 N–H and O–H groups in total. The summed E-state index contributed by atoms with van der Waals surface area (Å²) < 4.78 is 0. The lowest BCUT2D eigenvalue weighted by Gasteiger charge is -2.37. The van der Waals surface area contributed by atoms with Gasteiger partial charge in [0, 0.05) is 13.5 Å². The van der Waals surface area contributed by atoms with Crippen LogP contribution in [0.3, 0.4) is 0 Å². The number of hydrogen-bond donors (Lipinski definition) is 1. The van der Waals surface area contributed by atoms with E-state index in [0.29, 0.717) is 12.8 Å². The van der Waals surface area contributed by atoms with Gasteiger partial charge in [-0.1, -0.05) is 29.8 Å². The molecule has 1 heterocycles. The molecule has 4 heteroatoms. The first-order chi connectivity index (χ1) is 8.50. The molecule has 0 unspecified atom stereocenters. The van der Waals surface area contributed by atoms with Crippen molar-refractivity contribution in [3.05, 3.63) is 35.4 Å². The number of carboxylic acids is 1. The van der Waals surface area contributed by atoms with Gasteiger partial charge in [-0.3, -0.25) is 9.59 Å². The van der Waals surface area contributed by atoms with E-state index in [1.54, 1.807) is 11.9 Å². The molecule has 2 rings (SSSR count). The Morgan fingerprint density at radius 3 is 2.50 bits per heavy atom. The largest absolute Gasteiger partial charge is 0.481 e. The SMILES string of the molecule is Cc1ccc([C@H]2[C@@H](C(=O)O)CCC(=O)N2C)cc1. The molecule has 1 aliphatic heterocycles. The van der Waals surface area contributed by atoms with Crippen LogP contribution < -0.4 is 0 Å². The lowest BCUT2D eigenvalue weighted by atomic mass is 9.84. The standard InChI is InChI=1S/C14H17NO3/c1-9-3-5-10(6-4-9)13-11(14(17)18)7-8-12(16)15(13)2/h3-6,11,13H,7-8H2,1-2H3,(H,17,18)/t11-,13-/m0/s1. The minimum Gasteiger partial charge on any atom is -0.481 e. The number of nitrogens with zero attached hydrogens (tertiary/aromatic N) is 1. The summed E-state index contributed by atoms with van der Waals surface area (Å²) in [6.07, 6.45) is 0.729. The fourth-order valence-electron chi connectivity index (χ4n) is 2.52. The van der Waals surface area contributed by atoms with Gasteiger partial charge in [-0.05, 0) is 18.9 Å². The number of carbonyl (C=O) groups is 2. The lowest BCUT2D eigenvalue weighted by molar-refractivity contribution is -0.150. The van der Waals surface area contributed by atoms with Crippen LogP contribution in [0.15, 0.2) is 24.3 Å². The second kappa shape index (κ2) is 4.80. The Kier molecular flexibility index (Phi) is 3.36. The van der Waals surface area contributed by atoms with E-state index in [0.717, 1.165) is 11.1 Å². The summed E-state index contributed by atoms with van der Waals surface area (Å²) in [6.45, 7) is 1.98. The van der Waals surface area contributed by atoms with Crippen molar-refractivity contribution in [2.45, 2.75) is 25.8 Å². The quantitative estimate of drug-likeness (QED) is 0.869. The zero-order valence-corrected chi connectivity index (χ0v) is 10.6. The Morgan fingerprint density at radius 1 is 1.33 bits per heavy atom. The summed E-state index contributed by atoms with van der Waals surface area (Å²) >= 11 is 0. The van der Waals surface area contributed by atoms with Gasteiger partial charge in [0.1, 0.15) is 0 Å². The van der Waals surface area contributed by atoms with E-state index in [-0.39, 0.29) is 11.9 Å². The van der Waals surface area contributed by atoms with Gasteiger partial charge in [0.15, 0.2) is 0 Å². The van der Waals surface area contributed by atoms with Crippen molar-refractivity contribution in [2.75, 3.05) is 7.05 Å². The summed E-state index contributed by atoms with van der Waals surface area (Å²) in [5, 5.41) is 9.29. The monoisotopic (exact) mass is 247 g/mol. The Morgan fingerprint density at radius 2 is 1.94 bits per heavy atom. The average Bonchev–Trinajstić information content (AvgIpc) is 2.33. The van der Waals surface area contributed by atoms with Crippen molar-refractivity contribution < 1.29 is 14.7 Å². The summed E-state index contributed by atoms with van der Waals surface area (Å²) in [6, 6.07) is 7.35. The number of carbonyl (C=O) groups excluding carboxylic acids is 1. The van der Waals surface area contributed by atoms with E-state index in [4.69, 9.17) is 0 Å². The molecule has 18 heavy (non-hydrogen) atoms. The Bertz CT molecular complexity index is 466. The number of aryl methyl sites for hydroxylation is 1. The zero-order chi connectivity index (χ0) is 13.3. The molecule has 0 aliphatic carbocycles. The highest BCUT2D eigenvalue weighted by atomic mass is 16.4. The third kappa shape index (κ3) is 2.23. The maximum Gasteiger partial charge on any atom is 0.308 e. The topological polar surface area (TPSA) is 57.6 Å². The molecular weight excluding hydrogens is 230 g/mol. The average molecular weight is 247 g/mol. The van der Waals surface area contributed by atoms with Gasteiger partial charge in [-0.25, -0.2) is 0 Å². The van der Waals surface area contributed by atoms with Gasteiger partial charge < -0.3 is 10.0 Å². The predicted molar refractivity (Wildman–Crippen MR) is 67.0 cm³/mol. The third-order valence-electron chi connectivity index (χ3n) is 3.60. The highest BCUT2D eigenvalue weighted by molar-refractivity contribution is 5.81. The fraction of sp³-hybridized carbons (Fsp3) is 0.429. The van der Waals surface area contributed by atoms with E-state index in [1.165, 1.54) is 0 Å². The second-order valence-corrected chi connectivity index (χ2v) is 4.84. The van der Waals surface area contributed by atoms with E-state index in [2.05, 4.69) is 0 Å². The molecule has 1 aromatic carbocycles. The first-order valence-corrected chi connectivity index (χ1v) is 6.05. The molecule has 1 aliphatic rings. The predicted octanol–water partition coefficient (Wildman–Crippen LogP) is 1.99. The fourth-order valence-corrected chi connectivity index (χ4v) is 2.52. The van der Waals surface area contributed by atoms with Gasteiger partial charge in [-0.15, -0.1) is 0 Å². The minimum atomic E-state index is -0.833. The number of carboxylic acid groups (broad SMARTS) is 1. The molecule has 1 aromatic rings. The Balaban J connectivity index is 2.37. The third-order valence-corrected chi connectivity index (χ3v) is 3.60. The molecule has 0 radical (unpaired) electrons. The highest BCUT2D eigenvalue weighted by Gasteiger charge is 2.38. The van der Waals surface area contributed by atoms with E-state index in [1.807, 2.05) is 31.2 Å². The first-order valence-electron chi connectivity index (χ1n) is 6.05. The highest BCUT2D eigenvalue weighted by Crippen LogP contribution is 2.35. The van der Waals surface area contributed by atoms with Gasteiger partial charge in [0.2, 0.25) is 5.91 Å². The van der Waals surface area contributed by atoms with Crippen LogP contribution in [0.1, 0.15) is 30.0 Å². The van der Waals surface area contributed by atoms with E-state index < -0.39 is 11.9 Å². The smallest absolute Gasteiger partial charge is 0.308 e. The zero-order valence-electron chi connectivity index (χ0n) is 10.6. The van der Waals surface area contributed by atoms with Crippen LogP contribution in [0, 0.1) is 12.8 Å². The number of piperidine rings is 1. The van der Waals surface area contributed by atoms with Crippen molar-refractivity contribution in [2.24, 2.45) is 5.92 Å². The maximum absolute atomic E-state index is 11.7. The van der Waals surface area contributed by atoms with E-state index >= 15 is 0 Å². The number of aliphatic carboxylic acids is 1. The van der Waals surface area contributed by atoms with Crippen molar-refractivity contribution >= 4 is 11.9 Å². The van der Waals surface area contributed by atoms with Crippen LogP contribution in [0.4, 0.5) is 0 Å². The van der Waals surface area contributed by atoms with Crippen molar-refractivity contribution in [1.29, 1.82) is 0 Å². The second-order valence-electron chi connectivity index (χ2n) is 4.84. The molecular formula is C14H17NO3. The van der Waals surface area contributed by atoms with Gasteiger partial charge in [-0.2, -0.15) is 0 Å². The molecule has 1 amide bonds. The minimum absolute atomic E-state index is 0.0121. The normalized spacial score (nSPS) is 24.1. The van der Waals surface area contributed by atoms with Crippen LogP contribution in [0.2, 0.25) is 0 Å². The first kappa shape index (κ1) is 12.6. The number of rotatable bonds is 2. The molecule has 1 saturated heterocycles. The van der Waals surface area contributed by atoms with Gasteiger partial charge in [0.05, 0.1) is 12.0 Å². The molecule has 1 fully saturated rings. The summed E-state index contributed by atoms with van der Waals surface area (Å²) in [7, 11) is 1.68. The number of benzene rings is 1. The summed E-state index contributed by atoms with van der Waals surface area (Å²) in [5.74, 6) is -1.34. The summed E-state index contributed by atoms with van der Waals surface area (Å²) in [5.41, 5.74) is 2.01. The van der Waals surface area contributed by atoms with Gasteiger partial charge in [0.25, 0.3) is 0 Å². The van der Waals surface area contributed by atoms with Crippen LogP contribution in [-0.2, 0) is 9.59 Å². The molecule has 0 bridgehead atoms. The van der Waals surface area contributed by atoms with Crippen molar-refractivity contribution in [1.82, 2.24) is 4.90 Å². The van der Waals surface area contributed by atoms with Crippen LogP contribution in [0.25, 0.3) is 0 Å². The van der Waals surface area contributed by atoms with Crippen LogP contribution >= 0.6 is 0 Å². The number of amides is 1. The van der Waals surface area contributed by atoms with Crippen LogP contribution in [-0.4, -0.2) is 28.9 Å². The van der Waals surface area contributed by atoms with Crippen molar-refractivity contribution in [3.8, 4) is 0 Å². The Labute approximate surface area is 106 Å². The number of likely N-dealkylation sites (tertiary alicyclic amines) is 1. The Hall–Kier alpha value is -1.84. The van der Waals surface area contributed by atoms with Gasteiger partial charge >= 0.3 is 5.97 Å². The van der Waals surface area contributed by atoms with E-state index in [9.17, 15) is 14.7 Å². The molecule has 0 spiro atoms.